The van der Waals surface area contributed by atoms with Gasteiger partial charge in [0.15, 0.2) is 0 Å². The monoisotopic (exact) mass is 482 g/mol. The Morgan fingerprint density at radius 2 is 1.74 bits per heavy atom. The van der Waals surface area contributed by atoms with Gasteiger partial charge in [-0.15, -0.1) is 0 Å². The van der Waals surface area contributed by atoms with E-state index in [0.29, 0.717) is 31.9 Å². The molecule has 7 nitrogen and oxygen atoms in total. The number of aliphatic hydroxyl groups is 1. The molecule has 0 fully saturated rings. The lowest BCUT2D eigenvalue weighted by atomic mass is 9.94. The van der Waals surface area contributed by atoms with Crippen LogP contribution in [0, 0.1) is 11.8 Å². The fraction of sp³-hybridized carbons (Fsp3) is 0.500. The SMILES string of the molecule is CC(C)COC(=O)N(C)C[C@H]1OCc2ccccc2-c2ccccc2C(=O)N([C@H](C)CO)C[C@H]1C. The number of rotatable bonds is 6. The molecule has 2 aromatic carbocycles. The Morgan fingerprint density at radius 1 is 1.11 bits per heavy atom. The van der Waals surface area contributed by atoms with Crippen LogP contribution < -0.4 is 0 Å². The molecule has 2 amide bonds. The van der Waals surface area contributed by atoms with Gasteiger partial charge in [0, 0.05) is 25.1 Å². The Balaban J connectivity index is 1.98. The first-order chi connectivity index (χ1) is 16.7. The van der Waals surface area contributed by atoms with Crippen LogP contribution in [0.1, 0.15) is 43.6 Å². The third kappa shape index (κ3) is 6.61. The molecule has 1 heterocycles. The number of likely N-dealkylation sites (N-methyl/N-ethyl adjacent to an activating group) is 1. The number of ether oxygens (including phenoxy) is 2. The number of aliphatic hydroxyl groups excluding tert-OH is 1. The summed E-state index contributed by atoms with van der Waals surface area (Å²) in [5.74, 6) is 0.0116. The van der Waals surface area contributed by atoms with E-state index in [-0.39, 0.29) is 36.5 Å². The van der Waals surface area contributed by atoms with Crippen molar-refractivity contribution in [3.05, 3.63) is 59.7 Å². The lowest BCUT2D eigenvalue weighted by Crippen LogP contribution is -2.47. The first kappa shape index (κ1) is 26.7. The highest BCUT2D eigenvalue weighted by Crippen LogP contribution is 2.31. The molecule has 0 aromatic heterocycles. The van der Waals surface area contributed by atoms with Crippen LogP contribution >= 0.6 is 0 Å². The van der Waals surface area contributed by atoms with E-state index in [1.165, 1.54) is 4.90 Å². The van der Waals surface area contributed by atoms with E-state index in [1.807, 2.05) is 76.2 Å². The first-order valence-electron chi connectivity index (χ1n) is 12.3. The molecule has 3 rings (SSSR count). The Morgan fingerprint density at radius 3 is 2.40 bits per heavy atom. The van der Waals surface area contributed by atoms with Gasteiger partial charge in [-0.25, -0.2) is 4.79 Å². The number of nitrogens with zero attached hydrogens (tertiary/aromatic N) is 2. The number of carbonyl (C=O) groups is 2. The van der Waals surface area contributed by atoms with Gasteiger partial charge < -0.3 is 24.4 Å². The molecule has 0 unspecified atom stereocenters. The van der Waals surface area contributed by atoms with Gasteiger partial charge in [0.2, 0.25) is 0 Å². The maximum atomic E-state index is 13.8. The van der Waals surface area contributed by atoms with Crippen molar-refractivity contribution in [1.82, 2.24) is 9.80 Å². The molecule has 190 valence electrons. The van der Waals surface area contributed by atoms with Crippen LogP contribution in [0.5, 0.6) is 0 Å². The van der Waals surface area contributed by atoms with Crippen molar-refractivity contribution < 1.29 is 24.2 Å². The molecule has 0 saturated heterocycles. The average Bonchev–Trinajstić information content (AvgIpc) is 2.88. The van der Waals surface area contributed by atoms with Crippen LogP contribution in [-0.2, 0) is 16.1 Å². The maximum absolute atomic E-state index is 13.8. The number of hydrogen-bond acceptors (Lipinski definition) is 5. The Hall–Kier alpha value is -2.90. The van der Waals surface area contributed by atoms with Gasteiger partial charge in [0.1, 0.15) is 0 Å². The molecule has 0 spiro atoms. The zero-order valence-corrected chi connectivity index (χ0v) is 21.4. The molecule has 0 saturated carbocycles. The summed E-state index contributed by atoms with van der Waals surface area (Å²) >= 11 is 0. The molecule has 1 N–H and O–H groups in total. The van der Waals surface area contributed by atoms with Crippen LogP contribution in [0.3, 0.4) is 0 Å². The van der Waals surface area contributed by atoms with Gasteiger partial charge >= 0.3 is 6.09 Å². The third-order valence-corrected chi connectivity index (χ3v) is 6.40. The molecule has 1 aliphatic heterocycles. The minimum absolute atomic E-state index is 0.106. The van der Waals surface area contributed by atoms with Crippen molar-refractivity contribution in [2.75, 3.05) is 33.4 Å². The molecule has 3 atom stereocenters. The fourth-order valence-electron chi connectivity index (χ4n) is 4.24. The summed E-state index contributed by atoms with van der Waals surface area (Å²) in [6.07, 6.45) is -0.740. The molecule has 1 aliphatic rings. The summed E-state index contributed by atoms with van der Waals surface area (Å²) < 4.78 is 11.8. The smallest absolute Gasteiger partial charge is 0.409 e. The van der Waals surface area contributed by atoms with Crippen molar-refractivity contribution >= 4 is 12.0 Å². The normalized spacial score (nSPS) is 19.4. The lowest BCUT2D eigenvalue weighted by Gasteiger charge is -2.35. The number of benzene rings is 2. The molecule has 0 radical (unpaired) electrons. The van der Waals surface area contributed by atoms with Gasteiger partial charge in [0.25, 0.3) is 5.91 Å². The van der Waals surface area contributed by atoms with Crippen LogP contribution in [0.2, 0.25) is 0 Å². The lowest BCUT2D eigenvalue weighted by molar-refractivity contribution is -0.0234. The van der Waals surface area contributed by atoms with E-state index < -0.39 is 6.09 Å². The first-order valence-corrected chi connectivity index (χ1v) is 12.3. The summed E-state index contributed by atoms with van der Waals surface area (Å²) in [5, 5.41) is 9.93. The molecular formula is C28H38N2O5. The van der Waals surface area contributed by atoms with E-state index in [9.17, 15) is 14.7 Å². The predicted molar refractivity (Wildman–Crippen MR) is 136 cm³/mol. The van der Waals surface area contributed by atoms with Crippen molar-refractivity contribution in [3.8, 4) is 11.1 Å². The van der Waals surface area contributed by atoms with Crippen LogP contribution in [0.25, 0.3) is 11.1 Å². The Kier molecular flexibility index (Phi) is 9.29. The van der Waals surface area contributed by atoms with Gasteiger partial charge in [-0.1, -0.05) is 63.2 Å². The van der Waals surface area contributed by atoms with Gasteiger partial charge in [-0.2, -0.15) is 0 Å². The zero-order valence-electron chi connectivity index (χ0n) is 21.4. The van der Waals surface area contributed by atoms with Crippen molar-refractivity contribution in [2.45, 2.75) is 46.4 Å². The van der Waals surface area contributed by atoms with E-state index in [4.69, 9.17) is 9.47 Å². The zero-order chi connectivity index (χ0) is 25.5. The van der Waals surface area contributed by atoms with E-state index in [0.717, 1.165) is 16.7 Å². The summed E-state index contributed by atoms with van der Waals surface area (Å²) in [7, 11) is 1.70. The minimum atomic E-state index is -0.395. The topological polar surface area (TPSA) is 79.3 Å². The highest BCUT2D eigenvalue weighted by atomic mass is 16.6. The molecule has 0 aliphatic carbocycles. The van der Waals surface area contributed by atoms with Gasteiger partial charge in [-0.3, -0.25) is 4.79 Å². The van der Waals surface area contributed by atoms with Gasteiger partial charge in [0.05, 0.1) is 38.5 Å². The minimum Gasteiger partial charge on any atom is -0.449 e. The quantitative estimate of drug-likeness (QED) is 0.659. The summed E-state index contributed by atoms with van der Waals surface area (Å²) in [6, 6.07) is 15.1. The van der Waals surface area contributed by atoms with Crippen LogP contribution in [0.4, 0.5) is 4.79 Å². The average molecular weight is 483 g/mol. The second-order valence-corrected chi connectivity index (χ2v) is 9.87. The number of fused-ring (bicyclic) bond motifs is 3. The van der Waals surface area contributed by atoms with Crippen LogP contribution in [0.15, 0.2) is 48.5 Å². The van der Waals surface area contributed by atoms with Crippen molar-refractivity contribution in [3.63, 3.8) is 0 Å². The van der Waals surface area contributed by atoms with E-state index >= 15 is 0 Å². The summed E-state index contributed by atoms with van der Waals surface area (Å²) in [4.78, 5) is 29.6. The molecular weight excluding hydrogens is 444 g/mol. The van der Waals surface area contributed by atoms with E-state index in [2.05, 4.69) is 0 Å². The fourth-order valence-corrected chi connectivity index (χ4v) is 4.24. The Labute approximate surface area is 208 Å². The molecule has 35 heavy (non-hydrogen) atoms. The predicted octanol–water partition coefficient (Wildman–Crippen LogP) is 4.44. The number of carbonyl (C=O) groups excluding carboxylic acids is 2. The number of hydrogen-bond donors (Lipinski definition) is 1. The second-order valence-electron chi connectivity index (χ2n) is 9.87. The largest absolute Gasteiger partial charge is 0.449 e. The summed E-state index contributed by atoms with van der Waals surface area (Å²) in [5.41, 5.74) is 3.34. The number of amides is 2. The standard InChI is InChI=1S/C28H38N2O5/c1-19(2)17-35-28(33)29(5)15-26-20(3)14-30(21(4)16-31)27(32)25-13-9-8-12-24(25)23-11-7-6-10-22(23)18-34-26/h6-13,19-21,26,31H,14-18H2,1-5H3/t20-,21-,26-/m1/s1. The highest BCUT2D eigenvalue weighted by Gasteiger charge is 2.31. The van der Waals surface area contributed by atoms with Crippen LogP contribution in [-0.4, -0.2) is 72.4 Å². The molecule has 7 heteroatoms. The van der Waals surface area contributed by atoms with Crippen molar-refractivity contribution in [2.24, 2.45) is 11.8 Å². The Bertz CT molecular complexity index is 1010. The summed E-state index contributed by atoms with van der Waals surface area (Å²) in [6.45, 7) is 9.09. The highest BCUT2D eigenvalue weighted by molar-refractivity contribution is 6.01. The maximum Gasteiger partial charge on any atom is 0.409 e. The second kappa shape index (κ2) is 12.2. The third-order valence-electron chi connectivity index (χ3n) is 6.40. The van der Waals surface area contributed by atoms with Gasteiger partial charge in [-0.05, 0) is 35.6 Å². The molecule has 0 bridgehead atoms. The van der Waals surface area contributed by atoms with E-state index in [1.54, 1.807) is 11.9 Å². The molecule has 2 aromatic rings. The van der Waals surface area contributed by atoms with Crippen molar-refractivity contribution in [1.29, 1.82) is 0 Å².